The molecule has 0 saturated heterocycles. The maximum absolute atomic E-state index is 13.4. The van der Waals surface area contributed by atoms with Gasteiger partial charge in [0.15, 0.2) is 0 Å². The number of amides is 1. The molecule has 7 nitrogen and oxygen atoms in total. The average Bonchev–Trinajstić information content (AvgIpc) is 3.35. The zero-order valence-corrected chi connectivity index (χ0v) is 20.8. The predicted octanol–water partition coefficient (Wildman–Crippen LogP) is 6.29. The van der Waals surface area contributed by atoms with Crippen LogP contribution in [0.5, 0.6) is 17.4 Å². The number of ether oxygens (including phenoxy) is 2. The molecule has 0 bridgehead atoms. The quantitative estimate of drug-likeness (QED) is 0.345. The van der Waals surface area contributed by atoms with Crippen LogP contribution < -0.4 is 14.8 Å². The van der Waals surface area contributed by atoms with Gasteiger partial charge in [0, 0.05) is 22.6 Å². The van der Waals surface area contributed by atoms with Gasteiger partial charge in [0.1, 0.15) is 17.0 Å². The molecule has 2 aromatic heterocycles. The smallest absolute Gasteiger partial charge is 0.232 e. The fraction of sp³-hybridized carbons (Fsp3) is 0.259. The highest BCUT2D eigenvalue weighted by Gasteiger charge is 2.44. The van der Waals surface area contributed by atoms with Crippen molar-refractivity contribution in [3.63, 3.8) is 0 Å². The average molecular weight is 487 g/mol. The Hall–Kier alpha value is -3.78. The largest absolute Gasteiger partial charge is 0.491 e. The Balaban J connectivity index is 1.52. The molecule has 0 saturated carbocycles. The van der Waals surface area contributed by atoms with Crippen LogP contribution in [0.15, 0.2) is 66.2 Å². The summed E-state index contributed by atoms with van der Waals surface area (Å²) in [6, 6.07) is 19.6. The lowest BCUT2D eigenvalue weighted by atomic mass is 9.69. The van der Waals surface area contributed by atoms with E-state index in [1.54, 1.807) is 5.51 Å². The van der Waals surface area contributed by atoms with Gasteiger partial charge in [-0.05, 0) is 50.2 Å². The highest BCUT2D eigenvalue weighted by molar-refractivity contribution is 7.13. The van der Waals surface area contributed by atoms with E-state index in [1.807, 2.05) is 88.4 Å². The lowest BCUT2D eigenvalue weighted by Gasteiger charge is -2.37. The second-order valence-electron chi connectivity index (χ2n) is 9.27. The summed E-state index contributed by atoms with van der Waals surface area (Å²) in [4.78, 5) is 18.3. The first-order chi connectivity index (χ1) is 16.8. The molecular formula is C27H26N4O3S. The number of hydrogen-bond acceptors (Lipinski definition) is 7. The van der Waals surface area contributed by atoms with Gasteiger partial charge in [-0.2, -0.15) is 0 Å². The van der Waals surface area contributed by atoms with E-state index in [-0.39, 0.29) is 17.9 Å². The van der Waals surface area contributed by atoms with Gasteiger partial charge < -0.3 is 14.8 Å². The van der Waals surface area contributed by atoms with Gasteiger partial charge in [0.25, 0.3) is 0 Å². The molecule has 0 unspecified atom stereocenters. The molecule has 0 fully saturated rings. The number of nitrogens with one attached hydrogen (secondary N) is 1. The molecule has 1 N–H and O–H groups in total. The summed E-state index contributed by atoms with van der Waals surface area (Å²) in [7, 11) is 0. The van der Waals surface area contributed by atoms with Crippen LogP contribution >= 0.6 is 11.3 Å². The number of carbonyl (C=O) groups excluding carboxylic acids is 1. The van der Waals surface area contributed by atoms with Gasteiger partial charge in [0.05, 0.1) is 17.2 Å². The summed E-state index contributed by atoms with van der Waals surface area (Å²) < 4.78 is 12.0. The third kappa shape index (κ3) is 4.49. The van der Waals surface area contributed by atoms with Crippen LogP contribution in [0.25, 0.3) is 11.3 Å². The Morgan fingerprint density at radius 3 is 2.54 bits per heavy atom. The van der Waals surface area contributed by atoms with Crippen LogP contribution in [-0.2, 0) is 4.79 Å². The van der Waals surface area contributed by atoms with E-state index in [9.17, 15) is 4.79 Å². The van der Waals surface area contributed by atoms with Crippen molar-refractivity contribution in [2.24, 2.45) is 5.41 Å². The van der Waals surface area contributed by atoms with Gasteiger partial charge in [-0.1, -0.05) is 49.4 Å². The Bertz CT molecular complexity index is 1350. The minimum absolute atomic E-state index is 0.112. The molecule has 0 aliphatic carbocycles. The van der Waals surface area contributed by atoms with Crippen LogP contribution in [0.3, 0.4) is 0 Å². The van der Waals surface area contributed by atoms with Crippen LogP contribution in [0.4, 0.5) is 5.13 Å². The highest BCUT2D eigenvalue weighted by atomic mass is 32.1. The maximum atomic E-state index is 13.4. The Morgan fingerprint density at radius 2 is 1.83 bits per heavy atom. The van der Waals surface area contributed by atoms with Crippen molar-refractivity contribution in [2.45, 2.75) is 39.7 Å². The summed E-state index contributed by atoms with van der Waals surface area (Å²) in [5.41, 5.74) is 4.32. The van der Waals surface area contributed by atoms with E-state index < -0.39 is 5.41 Å². The lowest BCUT2D eigenvalue weighted by Crippen LogP contribution is -2.38. The van der Waals surface area contributed by atoms with Crippen molar-refractivity contribution in [1.29, 1.82) is 0 Å². The molecular weight excluding hydrogens is 460 g/mol. The summed E-state index contributed by atoms with van der Waals surface area (Å²) in [6.45, 7) is 7.86. The number of anilines is 1. The second kappa shape index (κ2) is 9.11. The third-order valence-electron chi connectivity index (χ3n) is 6.05. The standard InChI is InChI=1S/C27H26N4O3S/c1-16(2)33-18-11-9-17(10-12-18)21-14-13-20-23(19-7-5-6-8-22(19)34-24(20)29-21)27(3,4)25(32)30-26-31-28-15-35-26/h5-16,23H,1-4H3,(H,30,31,32)/t23-/m1/s1. The molecule has 0 spiro atoms. The molecule has 1 aliphatic rings. The third-order valence-corrected chi connectivity index (χ3v) is 6.65. The van der Waals surface area contributed by atoms with Crippen molar-refractivity contribution in [3.05, 3.63) is 77.3 Å². The molecule has 2 aromatic carbocycles. The summed E-state index contributed by atoms with van der Waals surface area (Å²) in [5.74, 6) is 1.61. The van der Waals surface area contributed by atoms with Crippen LogP contribution in [0.1, 0.15) is 44.7 Å². The first kappa shape index (κ1) is 23.0. The second-order valence-corrected chi connectivity index (χ2v) is 10.1. The number of fused-ring (bicyclic) bond motifs is 2. The number of nitrogens with zero attached hydrogens (tertiary/aromatic N) is 3. The normalized spacial score (nSPS) is 14.6. The summed E-state index contributed by atoms with van der Waals surface area (Å²) in [6.07, 6.45) is 0.112. The molecule has 178 valence electrons. The molecule has 8 heteroatoms. The first-order valence-electron chi connectivity index (χ1n) is 11.5. The number of hydrogen-bond donors (Lipinski definition) is 1. The van der Waals surface area contributed by atoms with Gasteiger partial charge >= 0.3 is 0 Å². The first-order valence-corrected chi connectivity index (χ1v) is 12.3. The van der Waals surface area contributed by atoms with E-state index in [0.717, 1.165) is 28.1 Å². The number of para-hydroxylation sites is 1. The number of carbonyl (C=O) groups is 1. The number of benzene rings is 2. The van der Waals surface area contributed by atoms with Gasteiger partial charge in [-0.25, -0.2) is 4.98 Å². The number of aromatic nitrogens is 3. The molecule has 1 aliphatic heterocycles. The van der Waals surface area contributed by atoms with E-state index in [4.69, 9.17) is 14.5 Å². The molecule has 3 heterocycles. The number of pyridine rings is 1. The van der Waals surface area contributed by atoms with Crippen LogP contribution in [0, 0.1) is 5.41 Å². The molecule has 1 amide bonds. The van der Waals surface area contributed by atoms with E-state index >= 15 is 0 Å². The molecule has 0 radical (unpaired) electrons. The zero-order valence-electron chi connectivity index (χ0n) is 20.0. The van der Waals surface area contributed by atoms with E-state index in [0.29, 0.717) is 16.8 Å². The zero-order chi connectivity index (χ0) is 24.6. The molecule has 4 aromatic rings. The highest BCUT2D eigenvalue weighted by Crippen LogP contribution is 2.52. The Morgan fingerprint density at radius 1 is 1.06 bits per heavy atom. The lowest BCUT2D eigenvalue weighted by molar-refractivity contribution is -0.124. The maximum Gasteiger partial charge on any atom is 0.232 e. The van der Waals surface area contributed by atoms with Crippen molar-refractivity contribution in [1.82, 2.24) is 15.2 Å². The SMILES string of the molecule is CC(C)Oc1ccc(-c2ccc3c(n2)Oc2ccccc2[C@H]3C(C)(C)C(=O)Nc2nncs2)cc1. The van der Waals surface area contributed by atoms with Crippen LogP contribution in [0.2, 0.25) is 0 Å². The minimum Gasteiger partial charge on any atom is -0.491 e. The summed E-state index contributed by atoms with van der Waals surface area (Å²) >= 11 is 1.29. The van der Waals surface area contributed by atoms with Crippen molar-refractivity contribution in [2.75, 3.05) is 5.32 Å². The monoisotopic (exact) mass is 486 g/mol. The fourth-order valence-corrected chi connectivity index (χ4v) is 4.81. The van der Waals surface area contributed by atoms with E-state index in [2.05, 4.69) is 15.5 Å². The number of rotatable bonds is 6. The summed E-state index contributed by atoms with van der Waals surface area (Å²) in [5, 5.41) is 11.2. The van der Waals surface area contributed by atoms with Gasteiger partial charge in [-0.15, -0.1) is 10.2 Å². The van der Waals surface area contributed by atoms with Crippen molar-refractivity contribution >= 4 is 22.4 Å². The van der Waals surface area contributed by atoms with Gasteiger partial charge in [0.2, 0.25) is 16.9 Å². The predicted molar refractivity (Wildman–Crippen MR) is 136 cm³/mol. The van der Waals surface area contributed by atoms with Crippen molar-refractivity contribution < 1.29 is 14.3 Å². The topological polar surface area (TPSA) is 86.2 Å². The molecule has 5 rings (SSSR count). The minimum atomic E-state index is -0.820. The van der Waals surface area contributed by atoms with E-state index in [1.165, 1.54) is 11.3 Å². The van der Waals surface area contributed by atoms with Crippen molar-refractivity contribution in [3.8, 4) is 28.6 Å². The fourth-order valence-electron chi connectivity index (χ4n) is 4.37. The molecule has 35 heavy (non-hydrogen) atoms. The Kier molecular flexibility index (Phi) is 5.98. The van der Waals surface area contributed by atoms with Gasteiger partial charge in [-0.3, -0.25) is 4.79 Å². The van der Waals surface area contributed by atoms with Crippen LogP contribution in [-0.4, -0.2) is 27.2 Å². The molecule has 1 atom stereocenters. The Labute approximate surface area is 208 Å².